The minimum atomic E-state index is -0.487. The van der Waals surface area contributed by atoms with Crippen molar-refractivity contribution >= 4 is 17.7 Å². The van der Waals surface area contributed by atoms with Crippen molar-refractivity contribution in [2.45, 2.75) is 46.6 Å². The summed E-state index contributed by atoms with van der Waals surface area (Å²) in [4.78, 5) is 32.5. The van der Waals surface area contributed by atoms with Crippen LogP contribution in [-0.4, -0.2) is 60.3 Å². The van der Waals surface area contributed by atoms with Crippen LogP contribution in [0.3, 0.4) is 0 Å². The quantitative estimate of drug-likeness (QED) is 0.668. The van der Waals surface area contributed by atoms with Crippen LogP contribution in [0.15, 0.2) is 28.7 Å². The molecule has 1 aromatic carbocycles. The van der Waals surface area contributed by atoms with E-state index in [0.29, 0.717) is 37.8 Å². The summed E-state index contributed by atoms with van der Waals surface area (Å²) in [6.45, 7) is 12.1. The molecule has 0 saturated carbocycles. The Balaban J connectivity index is 1.59. The molecule has 0 spiro atoms. The highest BCUT2D eigenvalue weighted by Gasteiger charge is 2.26. The maximum Gasteiger partial charge on any atom is 0.410 e. The zero-order valence-corrected chi connectivity index (χ0v) is 18.9. The van der Waals surface area contributed by atoms with Crippen LogP contribution in [-0.2, 0) is 15.9 Å². The van der Waals surface area contributed by atoms with E-state index in [1.54, 1.807) is 18.7 Å². The number of esters is 1. The molecule has 2 aromatic rings. The van der Waals surface area contributed by atoms with Gasteiger partial charge in [-0.2, -0.15) is 0 Å². The Morgan fingerprint density at radius 3 is 2.32 bits per heavy atom. The highest BCUT2D eigenvalue weighted by Crippen LogP contribution is 2.22. The molecule has 8 heteroatoms. The Kier molecular flexibility index (Phi) is 6.87. The zero-order chi connectivity index (χ0) is 22.6. The maximum atomic E-state index is 12.2. The third-order valence-corrected chi connectivity index (χ3v) is 4.87. The number of oxazole rings is 1. The van der Waals surface area contributed by atoms with Crippen LogP contribution in [0.5, 0.6) is 0 Å². The number of aryl methyl sites for hydroxylation is 1. The average Bonchev–Trinajstić information content (AvgIpc) is 3.08. The van der Waals surface area contributed by atoms with Crippen molar-refractivity contribution < 1.29 is 23.5 Å². The molecule has 1 saturated heterocycles. The molecule has 0 radical (unpaired) electrons. The molecule has 1 aliphatic heterocycles. The highest BCUT2D eigenvalue weighted by molar-refractivity contribution is 5.88. The largest absolute Gasteiger partial charge is 0.461 e. The summed E-state index contributed by atoms with van der Waals surface area (Å²) < 4.78 is 16.2. The smallest absolute Gasteiger partial charge is 0.410 e. The topological polar surface area (TPSA) is 85.1 Å². The van der Waals surface area contributed by atoms with E-state index in [0.717, 1.165) is 24.3 Å². The van der Waals surface area contributed by atoms with Gasteiger partial charge in [0.2, 0.25) is 0 Å². The van der Waals surface area contributed by atoms with E-state index in [2.05, 4.69) is 9.88 Å². The molecule has 31 heavy (non-hydrogen) atoms. The van der Waals surface area contributed by atoms with Crippen LogP contribution in [0.1, 0.15) is 55.4 Å². The van der Waals surface area contributed by atoms with Gasteiger partial charge >= 0.3 is 12.1 Å². The van der Waals surface area contributed by atoms with Crippen LogP contribution < -0.4 is 4.90 Å². The molecule has 0 N–H and O–H groups in total. The monoisotopic (exact) mass is 429 g/mol. The lowest BCUT2D eigenvalue weighted by molar-refractivity contribution is 0.0240. The van der Waals surface area contributed by atoms with Crippen LogP contribution >= 0.6 is 0 Å². The van der Waals surface area contributed by atoms with Crippen LogP contribution in [0.25, 0.3) is 0 Å². The highest BCUT2D eigenvalue weighted by atomic mass is 16.6. The summed E-state index contributed by atoms with van der Waals surface area (Å²) >= 11 is 0. The van der Waals surface area contributed by atoms with Crippen molar-refractivity contribution in [2.24, 2.45) is 0 Å². The summed E-state index contributed by atoms with van der Waals surface area (Å²) in [5.74, 6) is 0.487. The fourth-order valence-electron chi connectivity index (χ4n) is 3.43. The molecule has 0 unspecified atom stereocenters. The molecule has 1 fully saturated rings. The van der Waals surface area contributed by atoms with Gasteiger partial charge in [0, 0.05) is 45.2 Å². The van der Waals surface area contributed by atoms with Crippen molar-refractivity contribution in [1.82, 2.24) is 9.88 Å². The maximum absolute atomic E-state index is 12.2. The minimum absolute atomic E-state index is 0.238. The lowest BCUT2D eigenvalue weighted by Gasteiger charge is -2.36. The zero-order valence-electron chi connectivity index (χ0n) is 18.9. The molecule has 8 nitrogen and oxygen atoms in total. The molecule has 1 amide bonds. The number of carbonyl (C=O) groups excluding carboxylic acids is 2. The molecule has 0 bridgehead atoms. The average molecular weight is 430 g/mol. The molecule has 1 aliphatic rings. The Hall–Kier alpha value is -3.03. The summed E-state index contributed by atoms with van der Waals surface area (Å²) in [7, 11) is 0. The van der Waals surface area contributed by atoms with E-state index in [9.17, 15) is 9.59 Å². The summed E-state index contributed by atoms with van der Waals surface area (Å²) in [6.07, 6.45) is 0.198. The second-order valence-electron chi connectivity index (χ2n) is 8.52. The molecular formula is C23H31N3O5. The lowest BCUT2D eigenvalue weighted by Crippen LogP contribution is -2.50. The standard InChI is InChI=1S/C23H31N3O5/c1-6-29-21(27)20-19(30-16(2)24-20)15-17-7-9-18(10-8-17)25-11-13-26(14-12-25)22(28)31-23(3,4)5/h7-10H,6,11-15H2,1-5H3. The number of ether oxygens (including phenoxy) is 2. The van der Waals surface area contributed by atoms with Gasteiger partial charge in [0.05, 0.1) is 6.61 Å². The third-order valence-electron chi connectivity index (χ3n) is 4.87. The number of benzene rings is 1. The van der Waals surface area contributed by atoms with Gasteiger partial charge in [-0.1, -0.05) is 12.1 Å². The molecule has 0 atom stereocenters. The predicted octanol–water partition coefficient (Wildman–Crippen LogP) is 3.81. The van der Waals surface area contributed by atoms with Gasteiger partial charge < -0.3 is 23.7 Å². The fourth-order valence-corrected chi connectivity index (χ4v) is 3.43. The molecule has 0 aliphatic carbocycles. The first-order valence-corrected chi connectivity index (χ1v) is 10.6. The normalized spacial score (nSPS) is 14.5. The van der Waals surface area contributed by atoms with Gasteiger partial charge in [-0.05, 0) is 45.4 Å². The van der Waals surface area contributed by atoms with Gasteiger partial charge in [0.25, 0.3) is 0 Å². The Morgan fingerprint density at radius 1 is 1.10 bits per heavy atom. The van der Waals surface area contributed by atoms with E-state index in [-0.39, 0.29) is 11.8 Å². The molecular weight excluding hydrogens is 398 g/mol. The van der Waals surface area contributed by atoms with Gasteiger partial charge in [-0.15, -0.1) is 0 Å². The van der Waals surface area contributed by atoms with Gasteiger partial charge in [0.1, 0.15) is 11.4 Å². The Morgan fingerprint density at radius 2 is 1.74 bits per heavy atom. The number of rotatable bonds is 5. The molecule has 168 valence electrons. The van der Waals surface area contributed by atoms with Crippen molar-refractivity contribution in [3.63, 3.8) is 0 Å². The SMILES string of the molecule is CCOC(=O)c1nc(C)oc1Cc1ccc(N2CCN(C(=O)OC(C)(C)C)CC2)cc1. The molecule has 1 aromatic heterocycles. The van der Waals surface area contributed by atoms with Crippen molar-refractivity contribution in [3.05, 3.63) is 47.2 Å². The number of amides is 1. The first-order chi connectivity index (χ1) is 14.7. The molecule has 3 rings (SSSR count). The van der Waals surface area contributed by atoms with Gasteiger partial charge in [-0.3, -0.25) is 0 Å². The number of anilines is 1. The number of hydrogen-bond acceptors (Lipinski definition) is 7. The number of carbonyl (C=O) groups is 2. The second kappa shape index (κ2) is 9.41. The van der Waals surface area contributed by atoms with Crippen molar-refractivity contribution in [1.29, 1.82) is 0 Å². The minimum Gasteiger partial charge on any atom is -0.461 e. The van der Waals surface area contributed by atoms with E-state index >= 15 is 0 Å². The van der Waals surface area contributed by atoms with Crippen LogP contribution in [0.4, 0.5) is 10.5 Å². The lowest BCUT2D eigenvalue weighted by atomic mass is 10.1. The first-order valence-electron chi connectivity index (χ1n) is 10.6. The summed E-state index contributed by atoms with van der Waals surface area (Å²) in [5, 5.41) is 0. The number of piperazine rings is 1. The van der Waals surface area contributed by atoms with E-state index in [1.165, 1.54) is 0 Å². The number of hydrogen-bond donors (Lipinski definition) is 0. The first kappa shape index (κ1) is 22.7. The van der Waals surface area contributed by atoms with Crippen LogP contribution in [0, 0.1) is 6.92 Å². The van der Waals surface area contributed by atoms with E-state index < -0.39 is 11.6 Å². The van der Waals surface area contributed by atoms with Crippen molar-refractivity contribution in [2.75, 3.05) is 37.7 Å². The van der Waals surface area contributed by atoms with Gasteiger partial charge in [-0.25, -0.2) is 14.6 Å². The van der Waals surface area contributed by atoms with E-state index in [1.807, 2.05) is 45.0 Å². The van der Waals surface area contributed by atoms with Crippen LogP contribution in [0.2, 0.25) is 0 Å². The molecule has 2 heterocycles. The second-order valence-corrected chi connectivity index (χ2v) is 8.52. The van der Waals surface area contributed by atoms with Crippen molar-refractivity contribution in [3.8, 4) is 0 Å². The van der Waals surface area contributed by atoms with E-state index in [4.69, 9.17) is 13.9 Å². The third kappa shape index (κ3) is 5.99. The van der Waals surface area contributed by atoms with Gasteiger partial charge in [0.15, 0.2) is 11.6 Å². The predicted molar refractivity (Wildman–Crippen MR) is 116 cm³/mol. The number of nitrogens with zero attached hydrogens (tertiary/aromatic N) is 3. The Labute approximate surface area is 183 Å². The number of aromatic nitrogens is 1. The summed E-state index contributed by atoms with van der Waals surface area (Å²) in [6, 6.07) is 8.13. The Bertz CT molecular complexity index is 906. The fraction of sp³-hybridized carbons (Fsp3) is 0.522. The summed E-state index contributed by atoms with van der Waals surface area (Å²) in [5.41, 5.74) is 1.85.